The Morgan fingerprint density at radius 1 is 1.06 bits per heavy atom. The number of nitrogens with zero attached hydrogens (tertiary/aromatic N) is 1. The zero-order valence-corrected chi connectivity index (χ0v) is 19.7. The number of esters is 1. The third-order valence-corrected chi connectivity index (χ3v) is 7.24. The predicted molar refractivity (Wildman–Crippen MR) is 122 cm³/mol. The van der Waals surface area contributed by atoms with Crippen molar-refractivity contribution in [2.75, 3.05) is 25.0 Å². The number of sulfonamides is 1. The molecule has 2 amide bonds. The molecule has 182 valence electrons. The van der Waals surface area contributed by atoms with Crippen molar-refractivity contribution in [2.24, 2.45) is 0 Å². The molecule has 0 spiro atoms. The number of amides is 2. The predicted octanol–water partition coefficient (Wildman–Crippen LogP) is 2.54. The van der Waals surface area contributed by atoms with Gasteiger partial charge in [-0.05, 0) is 43.2 Å². The number of nitrogens with one attached hydrogen (secondary N) is 2. The van der Waals surface area contributed by atoms with Crippen LogP contribution in [0.3, 0.4) is 0 Å². The van der Waals surface area contributed by atoms with E-state index in [1.165, 1.54) is 10.4 Å². The smallest absolute Gasteiger partial charge is 0.341 e. The van der Waals surface area contributed by atoms with Crippen LogP contribution in [-0.4, -0.2) is 56.2 Å². The van der Waals surface area contributed by atoms with Crippen molar-refractivity contribution in [3.63, 3.8) is 0 Å². The standard InChI is InChI=1S/C23H26FN3O6S/c1-3-27(4-2)34(31,32)16-11-12-19(24)18(13-16)23(30)33-14-21(28)26-20-8-6-5-7-17(20)22(29)25-15-9-10-15/h5-8,11-13,15H,3-4,9-10,14H2,1-2H3,(H,25,29)(H,26,28). The highest BCUT2D eigenvalue weighted by Gasteiger charge is 2.26. The fraction of sp³-hybridized carbons (Fsp3) is 0.348. The summed E-state index contributed by atoms with van der Waals surface area (Å²) in [6.45, 7) is 2.97. The van der Waals surface area contributed by atoms with Crippen LogP contribution in [0.4, 0.5) is 10.1 Å². The Bertz CT molecular complexity index is 1190. The Hall–Kier alpha value is -3.31. The lowest BCUT2D eigenvalue weighted by Gasteiger charge is -2.18. The molecule has 0 unspecified atom stereocenters. The van der Waals surface area contributed by atoms with E-state index in [1.54, 1.807) is 32.0 Å². The Kier molecular flexibility index (Phi) is 8.00. The second-order valence-electron chi connectivity index (χ2n) is 7.65. The maximum absolute atomic E-state index is 14.2. The fourth-order valence-electron chi connectivity index (χ4n) is 3.21. The van der Waals surface area contributed by atoms with E-state index in [1.807, 2.05) is 0 Å². The van der Waals surface area contributed by atoms with Crippen LogP contribution in [0.5, 0.6) is 0 Å². The normalized spacial score (nSPS) is 13.4. The summed E-state index contributed by atoms with van der Waals surface area (Å²) < 4.78 is 45.6. The maximum atomic E-state index is 14.2. The average molecular weight is 492 g/mol. The molecule has 0 atom stereocenters. The van der Waals surface area contributed by atoms with E-state index in [0.717, 1.165) is 31.0 Å². The molecular formula is C23H26FN3O6S. The highest BCUT2D eigenvalue weighted by atomic mass is 32.2. The fourth-order valence-corrected chi connectivity index (χ4v) is 4.69. The van der Waals surface area contributed by atoms with Crippen molar-refractivity contribution < 1.29 is 31.9 Å². The van der Waals surface area contributed by atoms with Gasteiger partial charge in [-0.15, -0.1) is 0 Å². The first-order valence-corrected chi connectivity index (χ1v) is 12.3. The van der Waals surface area contributed by atoms with Gasteiger partial charge in [-0.1, -0.05) is 26.0 Å². The highest BCUT2D eigenvalue weighted by Crippen LogP contribution is 2.22. The molecule has 0 heterocycles. The van der Waals surface area contributed by atoms with Crippen molar-refractivity contribution in [3.05, 3.63) is 59.4 Å². The quantitative estimate of drug-likeness (QED) is 0.493. The number of benzene rings is 2. The largest absolute Gasteiger partial charge is 0.452 e. The van der Waals surface area contributed by atoms with Gasteiger partial charge in [0.1, 0.15) is 5.82 Å². The number of anilines is 1. The van der Waals surface area contributed by atoms with Gasteiger partial charge in [-0.3, -0.25) is 9.59 Å². The summed E-state index contributed by atoms with van der Waals surface area (Å²) in [5, 5.41) is 5.32. The monoisotopic (exact) mass is 491 g/mol. The second kappa shape index (κ2) is 10.7. The van der Waals surface area contributed by atoms with E-state index in [4.69, 9.17) is 4.74 Å². The van der Waals surface area contributed by atoms with E-state index in [9.17, 15) is 27.2 Å². The van der Waals surface area contributed by atoms with Crippen LogP contribution in [0.2, 0.25) is 0 Å². The minimum absolute atomic E-state index is 0.133. The third kappa shape index (κ3) is 5.97. The number of carbonyl (C=O) groups excluding carboxylic acids is 3. The first-order valence-electron chi connectivity index (χ1n) is 10.8. The van der Waals surface area contributed by atoms with Crippen LogP contribution in [-0.2, 0) is 19.6 Å². The van der Waals surface area contributed by atoms with Gasteiger partial charge in [-0.2, -0.15) is 4.31 Å². The molecule has 1 saturated carbocycles. The second-order valence-corrected chi connectivity index (χ2v) is 9.59. The van der Waals surface area contributed by atoms with E-state index in [2.05, 4.69) is 10.6 Å². The lowest BCUT2D eigenvalue weighted by molar-refractivity contribution is -0.119. The van der Waals surface area contributed by atoms with Gasteiger partial charge in [-0.25, -0.2) is 17.6 Å². The summed E-state index contributed by atoms with van der Waals surface area (Å²) in [5.74, 6) is -3.24. The van der Waals surface area contributed by atoms with Crippen LogP contribution in [0.25, 0.3) is 0 Å². The molecule has 0 aromatic heterocycles. The number of hydrogen-bond donors (Lipinski definition) is 2. The molecule has 3 rings (SSSR count). The third-order valence-electron chi connectivity index (χ3n) is 5.19. The molecule has 0 aliphatic heterocycles. The van der Waals surface area contributed by atoms with Crippen molar-refractivity contribution in [1.82, 2.24) is 9.62 Å². The molecule has 1 aliphatic rings. The van der Waals surface area contributed by atoms with Gasteiger partial charge in [0.15, 0.2) is 6.61 Å². The van der Waals surface area contributed by atoms with Gasteiger partial charge in [0.2, 0.25) is 10.0 Å². The summed E-state index contributed by atoms with van der Waals surface area (Å²) in [6.07, 6.45) is 1.81. The number of rotatable bonds is 10. The first kappa shape index (κ1) is 25.3. The van der Waals surface area contributed by atoms with Crippen LogP contribution in [0, 0.1) is 5.82 Å². The summed E-state index contributed by atoms with van der Waals surface area (Å²) in [7, 11) is -3.92. The molecule has 0 saturated heterocycles. The number of para-hydroxylation sites is 1. The van der Waals surface area contributed by atoms with Gasteiger partial charge in [0.25, 0.3) is 11.8 Å². The molecule has 1 aliphatic carbocycles. The minimum Gasteiger partial charge on any atom is -0.452 e. The van der Waals surface area contributed by atoms with Crippen molar-refractivity contribution in [1.29, 1.82) is 0 Å². The average Bonchev–Trinajstić information content (AvgIpc) is 3.62. The van der Waals surface area contributed by atoms with Gasteiger partial charge in [0.05, 0.1) is 21.7 Å². The Morgan fingerprint density at radius 2 is 1.74 bits per heavy atom. The van der Waals surface area contributed by atoms with Gasteiger partial charge < -0.3 is 15.4 Å². The molecule has 11 heteroatoms. The van der Waals surface area contributed by atoms with Crippen LogP contribution in [0.15, 0.2) is 47.4 Å². The zero-order chi connectivity index (χ0) is 24.9. The van der Waals surface area contributed by atoms with Gasteiger partial charge >= 0.3 is 5.97 Å². The van der Waals surface area contributed by atoms with Crippen molar-refractivity contribution in [2.45, 2.75) is 37.6 Å². The molecule has 2 aromatic carbocycles. The molecule has 2 aromatic rings. The Labute approximate surface area is 197 Å². The lowest BCUT2D eigenvalue weighted by Crippen LogP contribution is -2.31. The molecule has 2 N–H and O–H groups in total. The molecular weight excluding hydrogens is 465 g/mol. The summed E-state index contributed by atoms with van der Waals surface area (Å²) in [5.41, 5.74) is -0.111. The molecule has 0 bridgehead atoms. The maximum Gasteiger partial charge on any atom is 0.341 e. The Morgan fingerprint density at radius 3 is 2.38 bits per heavy atom. The van der Waals surface area contributed by atoms with E-state index < -0.39 is 39.9 Å². The molecule has 1 fully saturated rings. The number of carbonyl (C=O) groups is 3. The molecule has 34 heavy (non-hydrogen) atoms. The minimum atomic E-state index is -3.92. The van der Waals surface area contributed by atoms with Crippen LogP contribution < -0.4 is 10.6 Å². The number of ether oxygens (including phenoxy) is 1. The summed E-state index contributed by atoms with van der Waals surface area (Å²) in [4.78, 5) is 36.8. The van der Waals surface area contributed by atoms with Gasteiger partial charge in [0, 0.05) is 19.1 Å². The van der Waals surface area contributed by atoms with Crippen LogP contribution in [0.1, 0.15) is 47.4 Å². The molecule has 0 radical (unpaired) electrons. The number of halogens is 1. The number of hydrogen-bond acceptors (Lipinski definition) is 6. The Balaban J connectivity index is 1.67. The zero-order valence-electron chi connectivity index (χ0n) is 18.8. The van der Waals surface area contributed by atoms with Crippen molar-refractivity contribution >= 4 is 33.5 Å². The lowest BCUT2D eigenvalue weighted by atomic mass is 10.1. The topological polar surface area (TPSA) is 122 Å². The van der Waals surface area contributed by atoms with Crippen LogP contribution >= 0.6 is 0 Å². The van der Waals surface area contributed by atoms with E-state index in [-0.39, 0.29) is 41.2 Å². The summed E-state index contributed by atoms with van der Waals surface area (Å²) >= 11 is 0. The highest BCUT2D eigenvalue weighted by molar-refractivity contribution is 7.89. The van der Waals surface area contributed by atoms with E-state index >= 15 is 0 Å². The van der Waals surface area contributed by atoms with Crippen molar-refractivity contribution in [3.8, 4) is 0 Å². The summed E-state index contributed by atoms with van der Waals surface area (Å²) in [6, 6.07) is 9.32. The molecule has 9 nitrogen and oxygen atoms in total. The SMILES string of the molecule is CCN(CC)S(=O)(=O)c1ccc(F)c(C(=O)OCC(=O)Nc2ccccc2C(=O)NC2CC2)c1. The first-order chi connectivity index (χ1) is 16.2. The van der Waals surface area contributed by atoms with E-state index in [0.29, 0.717) is 0 Å².